The van der Waals surface area contributed by atoms with Crippen molar-refractivity contribution in [2.75, 3.05) is 6.54 Å². The number of benzene rings is 1. The molecule has 0 aliphatic carbocycles. The minimum absolute atomic E-state index is 0.169. The zero-order valence-corrected chi connectivity index (χ0v) is 12.7. The molecule has 1 aromatic carbocycles. The predicted octanol–water partition coefficient (Wildman–Crippen LogP) is 4.15. The second kappa shape index (κ2) is 7.80. The molecule has 0 heterocycles. The molecule has 5 heteroatoms. The Morgan fingerprint density at radius 1 is 1.14 bits per heavy atom. The highest BCUT2D eigenvalue weighted by molar-refractivity contribution is 5.32. The van der Waals surface area contributed by atoms with E-state index in [1.165, 1.54) is 12.1 Å². The largest absolute Gasteiger partial charge is 0.416 e. The maximum Gasteiger partial charge on any atom is 0.416 e. The fourth-order valence-corrected chi connectivity index (χ4v) is 2.54. The van der Waals surface area contributed by atoms with E-state index in [1.807, 2.05) is 13.8 Å². The van der Waals surface area contributed by atoms with Crippen LogP contribution in [0, 0.1) is 5.92 Å². The first-order valence-corrected chi connectivity index (χ1v) is 7.38. The maximum atomic E-state index is 13.0. The van der Waals surface area contributed by atoms with Gasteiger partial charge in [-0.25, -0.2) is 0 Å². The van der Waals surface area contributed by atoms with Gasteiger partial charge in [-0.05, 0) is 24.5 Å². The summed E-state index contributed by atoms with van der Waals surface area (Å²) in [6, 6.07) is 5.08. The van der Waals surface area contributed by atoms with Crippen LogP contribution in [0.5, 0.6) is 0 Å². The second-order valence-electron chi connectivity index (χ2n) is 5.36. The second-order valence-corrected chi connectivity index (χ2v) is 5.36. The lowest BCUT2D eigenvalue weighted by atomic mass is 9.95. The molecule has 0 spiro atoms. The third-order valence-electron chi connectivity index (χ3n) is 3.96. The van der Waals surface area contributed by atoms with Crippen molar-refractivity contribution in [2.24, 2.45) is 5.92 Å². The number of nitrogens with one attached hydrogen (secondary N) is 1. The highest BCUT2D eigenvalue weighted by Crippen LogP contribution is 2.34. The molecule has 120 valence electrons. The van der Waals surface area contributed by atoms with Crippen LogP contribution in [-0.2, 0) is 6.18 Å². The molecule has 0 aliphatic heterocycles. The minimum Gasteiger partial charge on any atom is -0.392 e. The topological polar surface area (TPSA) is 32.3 Å². The van der Waals surface area contributed by atoms with Gasteiger partial charge in [-0.1, -0.05) is 44.9 Å². The molecule has 1 rings (SSSR count). The Labute approximate surface area is 124 Å². The van der Waals surface area contributed by atoms with Gasteiger partial charge in [0, 0.05) is 12.6 Å². The molecule has 0 bridgehead atoms. The summed E-state index contributed by atoms with van der Waals surface area (Å²) < 4.78 is 38.9. The van der Waals surface area contributed by atoms with Crippen LogP contribution in [0.1, 0.15) is 50.8 Å². The lowest BCUT2D eigenvalue weighted by Crippen LogP contribution is -2.34. The van der Waals surface area contributed by atoms with E-state index in [0.29, 0.717) is 6.54 Å². The highest BCUT2D eigenvalue weighted by atomic mass is 19.4. The number of rotatable bonds is 7. The molecule has 0 radical (unpaired) electrons. The molecule has 1 aromatic rings. The minimum atomic E-state index is -4.36. The van der Waals surface area contributed by atoms with Crippen molar-refractivity contribution in [3.05, 3.63) is 35.4 Å². The first-order chi connectivity index (χ1) is 9.81. The molecule has 0 amide bonds. The van der Waals surface area contributed by atoms with Gasteiger partial charge in [-0.2, -0.15) is 13.2 Å². The quantitative estimate of drug-likeness (QED) is 0.793. The normalized spacial score (nSPS) is 15.2. The SMILES string of the molecule is CCC(CC)C(O)CNC(C)c1ccccc1C(F)(F)F. The summed E-state index contributed by atoms with van der Waals surface area (Å²) in [4.78, 5) is 0. The monoisotopic (exact) mass is 303 g/mol. The Bertz CT molecular complexity index is 430. The zero-order chi connectivity index (χ0) is 16.0. The van der Waals surface area contributed by atoms with Crippen LogP contribution in [0.3, 0.4) is 0 Å². The molecule has 2 nitrogen and oxygen atoms in total. The van der Waals surface area contributed by atoms with E-state index < -0.39 is 23.9 Å². The van der Waals surface area contributed by atoms with Crippen LogP contribution in [-0.4, -0.2) is 17.8 Å². The fourth-order valence-electron chi connectivity index (χ4n) is 2.54. The van der Waals surface area contributed by atoms with Crippen LogP contribution in [0.15, 0.2) is 24.3 Å². The van der Waals surface area contributed by atoms with E-state index in [-0.39, 0.29) is 11.5 Å². The number of hydrogen-bond acceptors (Lipinski definition) is 2. The van der Waals surface area contributed by atoms with Gasteiger partial charge in [-0.15, -0.1) is 0 Å². The van der Waals surface area contributed by atoms with Crippen LogP contribution in [0.25, 0.3) is 0 Å². The van der Waals surface area contributed by atoms with Crippen LogP contribution in [0.4, 0.5) is 13.2 Å². The van der Waals surface area contributed by atoms with E-state index in [2.05, 4.69) is 5.32 Å². The Morgan fingerprint density at radius 2 is 1.71 bits per heavy atom. The van der Waals surface area contributed by atoms with E-state index >= 15 is 0 Å². The molecule has 2 unspecified atom stereocenters. The van der Waals surface area contributed by atoms with Gasteiger partial charge in [0.2, 0.25) is 0 Å². The smallest absolute Gasteiger partial charge is 0.392 e. The van der Waals surface area contributed by atoms with Crippen molar-refractivity contribution in [3.8, 4) is 0 Å². The Morgan fingerprint density at radius 3 is 2.24 bits per heavy atom. The van der Waals surface area contributed by atoms with E-state index in [4.69, 9.17) is 0 Å². The third kappa shape index (κ3) is 5.00. The van der Waals surface area contributed by atoms with Crippen molar-refractivity contribution in [2.45, 2.75) is 51.9 Å². The van der Waals surface area contributed by atoms with Crippen LogP contribution in [0.2, 0.25) is 0 Å². The van der Waals surface area contributed by atoms with Crippen molar-refractivity contribution in [1.29, 1.82) is 0 Å². The van der Waals surface area contributed by atoms with Gasteiger partial charge in [0.25, 0.3) is 0 Å². The summed E-state index contributed by atoms with van der Waals surface area (Å²) in [5.74, 6) is 0.169. The van der Waals surface area contributed by atoms with Gasteiger partial charge in [-0.3, -0.25) is 0 Å². The summed E-state index contributed by atoms with van der Waals surface area (Å²) >= 11 is 0. The molecule has 0 fully saturated rings. The predicted molar refractivity (Wildman–Crippen MR) is 77.9 cm³/mol. The maximum absolute atomic E-state index is 13.0. The van der Waals surface area contributed by atoms with Gasteiger partial charge < -0.3 is 10.4 Å². The number of alkyl halides is 3. The van der Waals surface area contributed by atoms with Crippen molar-refractivity contribution < 1.29 is 18.3 Å². The average Bonchev–Trinajstić information content (AvgIpc) is 2.45. The average molecular weight is 303 g/mol. The zero-order valence-electron chi connectivity index (χ0n) is 12.7. The van der Waals surface area contributed by atoms with Gasteiger partial charge in [0.05, 0.1) is 11.7 Å². The van der Waals surface area contributed by atoms with Crippen LogP contribution >= 0.6 is 0 Å². The number of aliphatic hydroxyl groups excluding tert-OH is 1. The Balaban J connectivity index is 2.75. The van der Waals surface area contributed by atoms with Gasteiger partial charge in [0.15, 0.2) is 0 Å². The molecular formula is C16H24F3NO. The molecule has 0 aliphatic rings. The van der Waals surface area contributed by atoms with Crippen molar-refractivity contribution in [1.82, 2.24) is 5.32 Å². The molecule has 0 saturated heterocycles. The summed E-state index contributed by atoms with van der Waals surface area (Å²) in [6.45, 7) is 5.98. The first-order valence-electron chi connectivity index (χ1n) is 7.38. The standard InChI is InChI=1S/C16H24F3NO/c1-4-12(5-2)15(21)10-20-11(3)13-8-6-7-9-14(13)16(17,18)19/h6-9,11-12,15,20-21H,4-5,10H2,1-3H3. The first kappa shape index (κ1) is 18.0. The van der Waals surface area contributed by atoms with Crippen molar-refractivity contribution in [3.63, 3.8) is 0 Å². The number of halogens is 3. The molecule has 0 saturated carbocycles. The van der Waals surface area contributed by atoms with E-state index in [9.17, 15) is 18.3 Å². The lowest BCUT2D eigenvalue weighted by Gasteiger charge is -2.24. The summed E-state index contributed by atoms with van der Waals surface area (Å²) in [5.41, 5.74) is -0.413. The van der Waals surface area contributed by atoms with Crippen LogP contribution < -0.4 is 5.32 Å². The molecular weight excluding hydrogens is 279 g/mol. The Hall–Kier alpha value is -1.07. The van der Waals surface area contributed by atoms with E-state index in [1.54, 1.807) is 13.0 Å². The summed E-state index contributed by atoms with van der Waals surface area (Å²) in [5, 5.41) is 13.1. The van der Waals surface area contributed by atoms with Crippen molar-refractivity contribution >= 4 is 0 Å². The molecule has 21 heavy (non-hydrogen) atoms. The number of aliphatic hydroxyl groups is 1. The third-order valence-corrected chi connectivity index (χ3v) is 3.96. The molecule has 2 N–H and O–H groups in total. The summed E-state index contributed by atoms with van der Waals surface area (Å²) in [6.07, 6.45) is -3.19. The fraction of sp³-hybridized carbons (Fsp3) is 0.625. The van der Waals surface area contributed by atoms with Gasteiger partial charge >= 0.3 is 6.18 Å². The van der Waals surface area contributed by atoms with E-state index in [0.717, 1.165) is 18.9 Å². The highest BCUT2D eigenvalue weighted by Gasteiger charge is 2.34. The molecule has 2 atom stereocenters. The Kier molecular flexibility index (Phi) is 6.68. The summed E-state index contributed by atoms with van der Waals surface area (Å²) in [7, 11) is 0. The number of hydrogen-bond donors (Lipinski definition) is 2. The molecule has 0 aromatic heterocycles. The lowest BCUT2D eigenvalue weighted by molar-refractivity contribution is -0.138. The van der Waals surface area contributed by atoms with Gasteiger partial charge in [0.1, 0.15) is 0 Å².